The minimum absolute atomic E-state index is 0.290. The molecule has 0 bridgehead atoms. The van der Waals surface area contributed by atoms with Crippen molar-refractivity contribution in [3.63, 3.8) is 0 Å². The molecule has 1 heterocycles. The molecule has 2 aromatic rings. The minimum Gasteiger partial charge on any atom is -0.493 e. The number of rotatable bonds is 5. The van der Waals surface area contributed by atoms with Crippen molar-refractivity contribution in [1.29, 1.82) is 0 Å². The number of allylic oxidation sites excluding steroid dienone is 1. The Morgan fingerprint density at radius 2 is 1.72 bits per heavy atom. The van der Waals surface area contributed by atoms with E-state index in [1.54, 1.807) is 32.2 Å². The second kappa shape index (κ2) is 8.26. The van der Waals surface area contributed by atoms with E-state index in [1.165, 1.54) is 7.11 Å². The average Bonchev–Trinajstić information content (AvgIpc) is 2.68. The Bertz CT molecular complexity index is 998. The molecular weight excluding hydrogens is 370 g/mol. The number of carbonyl (C=O) groups is 2. The Kier molecular flexibility index (Phi) is 5.77. The largest absolute Gasteiger partial charge is 0.493 e. The van der Waals surface area contributed by atoms with Crippen LogP contribution in [0, 0.1) is 13.8 Å². The summed E-state index contributed by atoms with van der Waals surface area (Å²) >= 11 is 0. The molecule has 29 heavy (non-hydrogen) atoms. The van der Waals surface area contributed by atoms with Crippen LogP contribution >= 0.6 is 0 Å². The lowest BCUT2D eigenvalue weighted by Crippen LogP contribution is -2.46. The third-order valence-electron chi connectivity index (χ3n) is 4.88. The first-order valence-electron chi connectivity index (χ1n) is 9.23. The van der Waals surface area contributed by atoms with E-state index in [4.69, 9.17) is 9.47 Å². The molecule has 2 aromatic carbocycles. The fourth-order valence-electron chi connectivity index (χ4n) is 3.42. The molecule has 0 aromatic heterocycles. The molecule has 1 atom stereocenters. The molecule has 1 unspecified atom stereocenters. The number of aryl methyl sites for hydroxylation is 2. The third kappa shape index (κ3) is 4.18. The quantitative estimate of drug-likeness (QED) is 0.722. The van der Waals surface area contributed by atoms with Gasteiger partial charge in [0.1, 0.15) is 0 Å². The predicted molar refractivity (Wildman–Crippen MR) is 111 cm³/mol. The van der Waals surface area contributed by atoms with Gasteiger partial charge in [0.2, 0.25) is 0 Å². The van der Waals surface area contributed by atoms with Gasteiger partial charge in [-0.1, -0.05) is 23.8 Å². The van der Waals surface area contributed by atoms with Crippen molar-refractivity contribution in [2.45, 2.75) is 26.8 Å². The SMILES string of the molecule is COc1ccc(C2NC(=O)NC(C)=C2C(=O)Nc2ccc(C)cc2C)cc1OC. The molecule has 0 radical (unpaired) electrons. The van der Waals surface area contributed by atoms with Crippen LogP contribution in [-0.4, -0.2) is 26.2 Å². The van der Waals surface area contributed by atoms with Crippen LogP contribution in [0.15, 0.2) is 47.7 Å². The number of carbonyl (C=O) groups excluding carboxylic acids is 2. The minimum atomic E-state index is -0.630. The lowest BCUT2D eigenvalue weighted by atomic mass is 9.94. The number of benzene rings is 2. The Hall–Kier alpha value is -3.48. The summed E-state index contributed by atoms with van der Waals surface area (Å²) in [5, 5.41) is 8.47. The van der Waals surface area contributed by atoms with Gasteiger partial charge < -0.3 is 25.4 Å². The topological polar surface area (TPSA) is 88.7 Å². The second-order valence-electron chi connectivity index (χ2n) is 6.96. The summed E-state index contributed by atoms with van der Waals surface area (Å²) in [4.78, 5) is 25.3. The first-order valence-corrected chi connectivity index (χ1v) is 9.23. The predicted octanol–water partition coefficient (Wildman–Crippen LogP) is 3.59. The maximum Gasteiger partial charge on any atom is 0.319 e. The van der Waals surface area contributed by atoms with Gasteiger partial charge in [0.15, 0.2) is 11.5 Å². The lowest BCUT2D eigenvalue weighted by molar-refractivity contribution is -0.113. The van der Waals surface area contributed by atoms with Gasteiger partial charge >= 0.3 is 6.03 Å². The van der Waals surface area contributed by atoms with E-state index in [1.807, 2.05) is 32.0 Å². The summed E-state index contributed by atoms with van der Waals surface area (Å²) < 4.78 is 10.7. The highest BCUT2D eigenvalue weighted by atomic mass is 16.5. The number of ether oxygens (including phenoxy) is 2. The zero-order chi connectivity index (χ0) is 21.1. The van der Waals surface area contributed by atoms with Gasteiger partial charge in [-0.15, -0.1) is 0 Å². The van der Waals surface area contributed by atoms with Crippen LogP contribution in [0.2, 0.25) is 0 Å². The number of anilines is 1. The fourth-order valence-corrected chi connectivity index (χ4v) is 3.42. The van der Waals surface area contributed by atoms with Gasteiger partial charge in [-0.2, -0.15) is 0 Å². The van der Waals surface area contributed by atoms with E-state index < -0.39 is 6.04 Å². The molecule has 7 nitrogen and oxygen atoms in total. The average molecular weight is 395 g/mol. The monoisotopic (exact) mass is 395 g/mol. The first kappa shape index (κ1) is 20.3. The fraction of sp³-hybridized carbons (Fsp3) is 0.273. The first-order chi connectivity index (χ1) is 13.8. The number of hydrogen-bond acceptors (Lipinski definition) is 4. The van der Waals surface area contributed by atoms with Gasteiger partial charge in [0.05, 0.1) is 25.8 Å². The van der Waals surface area contributed by atoms with Crippen molar-refractivity contribution in [2.75, 3.05) is 19.5 Å². The van der Waals surface area contributed by atoms with Crippen LogP contribution < -0.4 is 25.4 Å². The molecule has 0 fully saturated rings. The molecule has 3 rings (SSSR count). The number of methoxy groups -OCH3 is 2. The molecule has 0 saturated heterocycles. The zero-order valence-corrected chi connectivity index (χ0v) is 17.2. The van der Waals surface area contributed by atoms with Crippen LogP contribution in [0.5, 0.6) is 11.5 Å². The molecule has 3 amide bonds. The van der Waals surface area contributed by atoms with Crippen LogP contribution in [0.1, 0.15) is 29.7 Å². The van der Waals surface area contributed by atoms with E-state index in [-0.39, 0.29) is 11.9 Å². The highest BCUT2D eigenvalue weighted by Gasteiger charge is 2.32. The maximum absolute atomic E-state index is 13.2. The Balaban J connectivity index is 1.98. The second-order valence-corrected chi connectivity index (χ2v) is 6.96. The molecule has 7 heteroatoms. The third-order valence-corrected chi connectivity index (χ3v) is 4.88. The van der Waals surface area contributed by atoms with Gasteiger partial charge in [-0.05, 0) is 50.1 Å². The number of amides is 3. The molecule has 0 aliphatic carbocycles. The van der Waals surface area contributed by atoms with Crippen LogP contribution in [-0.2, 0) is 4.79 Å². The molecular formula is C22H25N3O4. The number of nitrogens with one attached hydrogen (secondary N) is 3. The van der Waals surface area contributed by atoms with Crippen LogP contribution in [0.25, 0.3) is 0 Å². The van der Waals surface area contributed by atoms with Crippen LogP contribution in [0.3, 0.4) is 0 Å². The van der Waals surface area contributed by atoms with Gasteiger partial charge in [0, 0.05) is 11.4 Å². The Morgan fingerprint density at radius 3 is 2.38 bits per heavy atom. The van der Waals surface area contributed by atoms with Gasteiger partial charge in [-0.3, -0.25) is 4.79 Å². The maximum atomic E-state index is 13.2. The van der Waals surface area contributed by atoms with Crippen molar-refractivity contribution in [3.8, 4) is 11.5 Å². The molecule has 152 valence electrons. The summed E-state index contributed by atoms with van der Waals surface area (Å²) in [5.41, 5.74) is 4.44. The zero-order valence-electron chi connectivity index (χ0n) is 17.2. The van der Waals surface area contributed by atoms with Crippen molar-refractivity contribution < 1.29 is 19.1 Å². The standard InChI is InChI=1S/C22H25N3O4/c1-12-6-8-16(13(2)10-12)24-21(26)19-14(3)23-22(27)25-20(19)15-7-9-17(28-4)18(11-15)29-5/h6-11,20H,1-5H3,(H,24,26)(H2,23,25,27). The van der Waals surface area contributed by atoms with Crippen molar-refractivity contribution in [1.82, 2.24) is 10.6 Å². The smallest absolute Gasteiger partial charge is 0.319 e. The highest BCUT2D eigenvalue weighted by molar-refractivity contribution is 6.07. The number of urea groups is 1. The number of hydrogen-bond donors (Lipinski definition) is 3. The summed E-state index contributed by atoms with van der Waals surface area (Å²) in [6, 6.07) is 10.1. The summed E-state index contributed by atoms with van der Waals surface area (Å²) in [6.07, 6.45) is 0. The molecule has 0 spiro atoms. The van der Waals surface area contributed by atoms with Crippen LogP contribution in [0.4, 0.5) is 10.5 Å². The van der Waals surface area contributed by atoms with E-state index in [2.05, 4.69) is 16.0 Å². The van der Waals surface area contributed by atoms with E-state index >= 15 is 0 Å². The summed E-state index contributed by atoms with van der Waals surface area (Å²) in [5.74, 6) is 0.796. The van der Waals surface area contributed by atoms with Gasteiger partial charge in [-0.25, -0.2) is 4.79 Å². The Labute approximate surface area is 170 Å². The summed E-state index contributed by atoms with van der Waals surface area (Å²) in [7, 11) is 3.09. The van der Waals surface area contributed by atoms with Crippen molar-refractivity contribution >= 4 is 17.6 Å². The lowest BCUT2D eigenvalue weighted by Gasteiger charge is -2.29. The summed E-state index contributed by atoms with van der Waals surface area (Å²) in [6.45, 7) is 5.65. The van der Waals surface area contributed by atoms with Crippen molar-refractivity contribution in [3.05, 3.63) is 64.4 Å². The van der Waals surface area contributed by atoms with E-state index in [0.29, 0.717) is 28.3 Å². The van der Waals surface area contributed by atoms with Gasteiger partial charge in [0.25, 0.3) is 5.91 Å². The Morgan fingerprint density at radius 1 is 1.00 bits per heavy atom. The molecule has 1 aliphatic heterocycles. The molecule has 3 N–H and O–H groups in total. The highest BCUT2D eigenvalue weighted by Crippen LogP contribution is 2.34. The van der Waals surface area contributed by atoms with Crippen molar-refractivity contribution in [2.24, 2.45) is 0 Å². The van der Waals surface area contributed by atoms with E-state index in [9.17, 15) is 9.59 Å². The normalized spacial score (nSPS) is 16.0. The van der Waals surface area contributed by atoms with E-state index in [0.717, 1.165) is 16.8 Å². The molecule has 1 aliphatic rings. The molecule has 0 saturated carbocycles.